The highest BCUT2D eigenvalue weighted by Gasteiger charge is 2.60. The molecule has 4 aliphatic carbocycles. The summed E-state index contributed by atoms with van der Waals surface area (Å²) < 4.78 is 56.4. The van der Waals surface area contributed by atoms with Gasteiger partial charge in [0, 0.05) is 25.0 Å². The second-order valence-corrected chi connectivity index (χ2v) is 18.2. The van der Waals surface area contributed by atoms with E-state index in [1.807, 2.05) is 0 Å². The minimum Gasteiger partial charge on any atom is -0.353 e. The van der Waals surface area contributed by atoms with Crippen LogP contribution in [-0.4, -0.2) is 58.8 Å². The molecule has 0 aromatic carbocycles. The largest absolute Gasteiger partial charge is 0.353 e. The molecule has 2 aliphatic heterocycles. The zero-order valence-electron chi connectivity index (χ0n) is 29.5. The fourth-order valence-corrected chi connectivity index (χ4v) is 11.3. The number of rotatable bonds is 11. The summed E-state index contributed by atoms with van der Waals surface area (Å²) in [6.45, 7) is 13.2. The molecule has 7 nitrogen and oxygen atoms in total. The first-order valence-corrected chi connectivity index (χ1v) is 20.5. The van der Waals surface area contributed by atoms with E-state index in [1.165, 1.54) is 18.2 Å². The second-order valence-electron chi connectivity index (χ2n) is 16.6. The third kappa shape index (κ3) is 7.23. The van der Waals surface area contributed by atoms with Crippen molar-refractivity contribution in [3.8, 4) is 0 Å². The number of ether oxygens (including phenoxy) is 4. The second kappa shape index (κ2) is 14.2. The molecule has 2 heterocycles. The summed E-state index contributed by atoms with van der Waals surface area (Å²) in [7, 11) is -3.53. The van der Waals surface area contributed by atoms with Gasteiger partial charge < -0.3 is 18.9 Å². The molecule has 0 bridgehead atoms. The Balaban J connectivity index is 1.25. The third-order valence-electron chi connectivity index (χ3n) is 13.2. The van der Waals surface area contributed by atoms with E-state index in [0.29, 0.717) is 23.7 Å². The minimum atomic E-state index is -3.53. The maximum Gasteiger partial charge on any atom is 0.264 e. The molecule has 0 amide bonds. The van der Waals surface area contributed by atoms with Gasteiger partial charge in [0.1, 0.15) is 0 Å². The minimum absolute atomic E-state index is 0.0296. The Morgan fingerprint density at radius 2 is 1.57 bits per heavy atom. The normalized spacial score (nSPS) is 41.2. The van der Waals surface area contributed by atoms with Gasteiger partial charge in [-0.1, -0.05) is 57.9 Å². The molecule has 6 aliphatic rings. The summed E-state index contributed by atoms with van der Waals surface area (Å²) in [6, 6.07) is 0. The van der Waals surface area contributed by atoms with Crippen molar-refractivity contribution in [2.75, 3.05) is 19.5 Å². The molecule has 2 saturated heterocycles. The highest BCUT2D eigenvalue weighted by Crippen LogP contribution is 2.66. The molecule has 0 N–H and O–H groups in total. The highest BCUT2D eigenvalue weighted by atomic mass is 32.2. The SMILES string of the molecule is CC(C)CCC(OS(C)(=O)=O)[C@@H](C)[C@H]1CCC2C3=CC=C4C[C@@H](OC5CCCCO5)C[C@H](OC5CCCCO5)[C@]4(C)C3CC[C@@]21C. The van der Waals surface area contributed by atoms with E-state index in [1.54, 1.807) is 5.57 Å². The van der Waals surface area contributed by atoms with E-state index >= 15 is 0 Å². The van der Waals surface area contributed by atoms with Crippen LogP contribution in [0.5, 0.6) is 0 Å². The lowest BCUT2D eigenvalue weighted by atomic mass is 9.49. The van der Waals surface area contributed by atoms with Gasteiger partial charge in [0.15, 0.2) is 12.6 Å². The molecule has 0 aromatic heterocycles. The molecule has 262 valence electrons. The van der Waals surface area contributed by atoms with Crippen LogP contribution in [0, 0.1) is 40.4 Å². The van der Waals surface area contributed by atoms with Crippen molar-refractivity contribution in [1.82, 2.24) is 0 Å². The van der Waals surface area contributed by atoms with Crippen molar-refractivity contribution in [3.63, 3.8) is 0 Å². The number of hydrogen-bond acceptors (Lipinski definition) is 7. The van der Waals surface area contributed by atoms with Crippen molar-refractivity contribution in [3.05, 3.63) is 23.3 Å². The van der Waals surface area contributed by atoms with Crippen LogP contribution >= 0.6 is 0 Å². The van der Waals surface area contributed by atoms with Crippen molar-refractivity contribution in [2.24, 2.45) is 40.4 Å². The summed E-state index contributed by atoms with van der Waals surface area (Å²) in [5, 5.41) is 0. The summed E-state index contributed by atoms with van der Waals surface area (Å²) in [6.07, 6.45) is 20.4. The molecule has 8 heteroatoms. The van der Waals surface area contributed by atoms with Gasteiger partial charge in [0.25, 0.3) is 10.1 Å². The lowest BCUT2D eigenvalue weighted by molar-refractivity contribution is -0.242. The quantitative estimate of drug-likeness (QED) is 0.206. The average molecular weight is 663 g/mol. The molecule has 6 rings (SSSR count). The van der Waals surface area contributed by atoms with Crippen LogP contribution in [-0.2, 0) is 33.2 Å². The topological polar surface area (TPSA) is 80.3 Å². The van der Waals surface area contributed by atoms with E-state index in [9.17, 15) is 8.42 Å². The zero-order valence-corrected chi connectivity index (χ0v) is 30.3. The van der Waals surface area contributed by atoms with E-state index in [0.717, 1.165) is 96.7 Å². The van der Waals surface area contributed by atoms with Gasteiger partial charge >= 0.3 is 0 Å². The van der Waals surface area contributed by atoms with Gasteiger partial charge in [-0.3, -0.25) is 4.18 Å². The maximum absolute atomic E-state index is 12.4. The van der Waals surface area contributed by atoms with Crippen LogP contribution in [0.4, 0.5) is 0 Å². The molecule has 0 aromatic rings. The Labute approximate surface area is 279 Å². The number of fused-ring (bicyclic) bond motifs is 5. The smallest absolute Gasteiger partial charge is 0.264 e. The summed E-state index contributed by atoms with van der Waals surface area (Å²) >= 11 is 0. The van der Waals surface area contributed by atoms with Crippen molar-refractivity contribution < 1.29 is 31.5 Å². The van der Waals surface area contributed by atoms with Gasteiger partial charge in [-0.2, -0.15) is 8.42 Å². The highest BCUT2D eigenvalue weighted by molar-refractivity contribution is 7.86. The molecule has 5 fully saturated rings. The van der Waals surface area contributed by atoms with Crippen LogP contribution in [0.2, 0.25) is 0 Å². The van der Waals surface area contributed by atoms with Crippen molar-refractivity contribution in [2.45, 2.75) is 155 Å². The van der Waals surface area contributed by atoms with E-state index in [4.69, 9.17) is 23.1 Å². The predicted octanol–water partition coefficient (Wildman–Crippen LogP) is 8.34. The van der Waals surface area contributed by atoms with Gasteiger partial charge in [0.05, 0.1) is 24.6 Å². The van der Waals surface area contributed by atoms with Crippen LogP contribution in [0.25, 0.3) is 0 Å². The first-order valence-electron chi connectivity index (χ1n) is 18.7. The Morgan fingerprint density at radius 1 is 0.870 bits per heavy atom. The Hall–Kier alpha value is -0.770. The summed E-state index contributed by atoms with van der Waals surface area (Å²) in [5.41, 5.74) is 3.10. The monoisotopic (exact) mass is 662 g/mol. The maximum atomic E-state index is 12.4. The lowest BCUT2D eigenvalue weighted by Crippen LogP contribution is -2.55. The third-order valence-corrected chi connectivity index (χ3v) is 13.8. The van der Waals surface area contributed by atoms with Gasteiger partial charge in [0.2, 0.25) is 0 Å². The average Bonchev–Trinajstić information content (AvgIpc) is 3.37. The number of hydrogen-bond donors (Lipinski definition) is 0. The van der Waals surface area contributed by atoms with Crippen LogP contribution in [0.15, 0.2) is 23.3 Å². The molecule has 11 atom stereocenters. The molecule has 3 saturated carbocycles. The standard InChI is InChI=1S/C38H62O7S/c1-25(2)13-18-33(45-46(6,39)40)26(3)30-16-17-31-29-15-14-27-23-28(43-35-11-7-9-21-41-35)24-34(44-36-12-8-10-22-42-36)38(27,5)32(29)19-20-37(30,31)4/h14-15,25-26,28,30-36H,7-13,16-24H2,1-6H3/t26-,28+,30+,31?,32?,33?,34-,35?,36?,37+,38-/m0/s1. The molecular weight excluding hydrogens is 600 g/mol. The van der Waals surface area contributed by atoms with Crippen molar-refractivity contribution in [1.29, 1.82) is 0 Å². The summed E-state index contributed by atoms with van der Waals surface area (Å²) in [4.78, 5) is 0. The van der Waals surface area contributed by atoms with E-state index in [-0.39, 0.29) is 47.6 Å². The fourth-order valence-electron chi connectivity index (χ4n) is 10.6. The van der Waals surface area contributed by atoms with Gasteiger partial charge in [-0.05, 0) is 118 Å². The van der Waals surface area contributed by atoms with Crippen LogP contribution in [0.1, 0.15) is 125 Å². The van der Waals surface area contributed by atoms with Crippen LogP contribution in [0.3, 0.4) is 0 Å². The Bertz CT molecular complexity index is 1220. The number of allylic oxidation sites excluding steroid dienone is 3. The van der Waals surface area contributed by atoms with Gasteiger partial charge in [-0.25, -0.2) is 0 Å². The summed E-state index contributed by atoms with van der Waals surface area (Å²) in [5.74, 6) is 2.05. The Kier molecular flexibility index (Phi) is 10.8. The first kappa shape index (κ1) is 35.1. The van der Waals surface area contributed by atoms with E-state index in [2.05, 4.69) is 46.8 Å². The lowest BCUT2D eigenvalue weighted by Gasteiger charge is -2.58. The van der Waals surface area contributed by atoms with Gasteiger partial charge in [-0.15, -0.1) is 0 Å². The fraction of sp³-hybridized carbons (Fsp3) is 0.895. The Morgan fingerprint density at radius 3 is 2.20 bits per heavy atom. The predicted molar refractivity (Wildman–Crippen MR) is 180 cm³/mol. The molecule has 5 unspecified atom stereocenters. The molecular formula is C38H62O7S. The van der Waals surface area contributed by atoms with Crippen LogP contribution < -0.4 is 0 Å². The molecule has 0 radical (unpaired) electrons. The van der Waals surface area contributed by atoms with E-state index < -0.39 is 10.1 Å². The molecule has 46 heavy (non-hydrogen) atoms. The first-order chi connectivity index (χ1) is 21.9. The molecule has 0 spiro atoms. The zero-order chi connectivity index (χ0) is 32.7. The van der Waals surface area contributed by atoms with Crippen molar-refractivity contribution >= 4 is 10.1 Å².